The Labute approximate surface area is 138 Å². The zero-order valence-electron chi connectivity index (χ0n) is 13.7. The molecule has 120 valence electrons. The van der Waals surface area contributed by atoms with Crippen LogP contribution in [0.25, 0.3) is 12.2 Å². The quantitative estimate of drug-likeness (QED) is 0.341. The summed E-state index contributed by atoms with van der Waals surface area (Å²) in [6.45, 7) is 3.00. The van der Waals surface area contributed by atoms with Crippen molar-refractivity contribution < 1.29 is 9.53 Å². The Kier molecular flexibility index (Phi) is 7.12. The van der Waals surface area contributed by atoms with E-state index in [9.17, 15) is 4.79 Å². The number of ether oxygens (including phenoxy) is 1. The van der Waals surface area contributed by atoms with E-state index in [1.807, 2.05) is 42.5 Å². The Morgan fingerprint density at radius 3 is 1.91 bits per heavy atom. The van der Waals surface area contributed by atoms with Gasteiger partial charge >= 0.3 is 0 Å². The van der Waals surface area contributed by atoms with Crippen molar-refractivity contribution in [3.05, 3.63) is 65.2 Å². The molecule has 0 aliphatic rings. The van der Waals surface area contributed by atoms with Gasteiger partial charge in [0.15, 0.2) is 0 Å². The van der Waals surface area contributed by atoms with E-state index >= 15 is 0 Å². The predicted molar refractivity (Wildman–Crippen MR) is 96.8 cm³/mol. The molecule has 2 aromatic rings. The lowest BCUT2D eigenvalue weighted by molar-refractivity contribution is 0.112. The number of rotatable bonds is 9. The van der Waals surface area contributed by atoms with Gasteiger partial charge in [-0.2, -0.15) is 0 Å². The third kappa shape index (κ3) is 6.11. The number of unbranched alkanes of at least 4 members (excludes halogenated alkanes) is 3. The highest BCUT2D eigenvalue weighted by atomic mass is 16.5. The van der Waals surface area contributed by atoms with Gasteiger partial charge in [0.25, 0.3) is 0 Å². The molecule has 0 bridgehead atoms. The van der Waals surface area contributed by atoms with Crippen LogP contribution >= 0.6 is 0 Å². The summed E-state index contributed by atoms with van der Waals surface area (Å²) in [5.41, 5.74) is 2.90. The van der Waals surface area contributed by atoms with Gasteiger partial charge in [0.1, 0.15) is 12.0 Å². The Balaban J connectivity index is 1.83. The molecule has 0 atom stereocenters. The Morgan fingerprint density at radius 1 is 0.783 bits per heavy atom. The fourth-order valence-corrected chi connectivity index (χ4v) is 2.27. The maximum Gasteiger partial charge on any atom is 0.150 e. The number of benzene rings is 2. The molecule has 0 aromatic heterocycles. The molecule has 0 saturated carbocycles. The number of carbonyl (C=O) groups excluding carboxylic acids is 1. The molecule has 0 saturated heterocycles. The SMILES string of the molecule is CCCCCCOc1ccc(C=Cc2ccc(C=O)cc2)cc1. The zero-order chi connectivity index (χ0) is 16.3. The average Bonchev–Trinajstić information content (AvgIpc) is 2.61. The van der Waals surface area contributed by atoms with Gasteiger partial charge in [0.2, 0.25) is 0 Å². The number of aldehydes is 1. The number of hydrogen-bond donors (Lipinski definition) is 0. The second-order valence-electron chi connectivity index (χ2n) is 5.60. The Hall–Kier alpha value is -2.35. The van der Waals surface area contributed by atoms with Crippen LogP contribution in [0.4, 0.5) is 0 Å². The van der Waals surface area contributed by atoms with Crippen LogP contribution in [0.1, 0.15) is 54.1 Å². The number of hydrogen-bond acceptors (Lipinski definition) is 2. The maximum atomic E-state index is 10.6. The smallest absolute Gasteiger partial charge is 0.150 e. The van der Waals surface area contributed by atoms with Gasteiger partial charge in [-0.25, -0.2) is 0 Å². The molecule has 0 spiro atoms. The monoisotopic (exact) mass is 308 g/mol. The second kappa shape index (κ2) is 9.62. The molecule has 0 N–H and O–H groups in total. The van der Waals surface area contributed by atoms with E-state index in [1.54, 1.807) is 0 Å². The van der Waals surface area contributed by atoms with Crippen LogP contribution in [0.5, 0.6) is 5.75 Å². The van der Waals surface area contributed by atoms with E-state index < -0.39 is 0 Å². The van der Waals surface area contributed by atoms with Gasteiger partial charge in [0, 0.05) is 5.56 Å². The molecule has 2 heteroatoms. The molecule has 0 amide bonds. The van der Waals surface area contributed by atoms with E-state index in [2.05, 4.69) is 25.1 Å². The van der Waals surface area contributed by atoms with Crippen LogP contribution in [0.15, 0.2) is 48.5 Å². The highest BCUT2D eigenvalue weighted by Crippen LogP contribution is 2.15. The van der Waals surface area contributed by atoms with E-state index in [4.69, 9.17) is 4.74 Å². The lowest BCUT2D eigenvalue weighted by Gasteiger charge is -2.06. The molecule has 2 aromatic carbocycles. The molecule has 23 heavy (non-hydrogen) atoms. The largest absolute Gasteiger partial charge is 0.494 e. The first-order valence-corrected chi connectivity index (χ1v) is 8.28. The van der Waals surface area contributed by atoms with Gasteiger partial charge in [-0.3, -0.25) is 4.79 Å². The summed E-state index contributed by atoms with van der Waals surface area (Å²) in [6, 6.07) is 15.6. The van der Waals surface area contributed by atoms with E-state index in [0.29, 0.717) is 5.56 Å². The van der Waals surface area contributed by atoms with Crippen molar-refractivity contribution >= 4 is 18.4 Å². The first-order chi connectivity index (χ1) is 11.3. The lowest BCUT2D eigenvalue weighted by atomic mass is 10.1. The molecular formula is C21H24O2. The first kappa shape index (κ1) is 17.0. The Morgan fingerprint density at radius 2 is 1.35 bits per heavy atom. The van der Waals surface area contributed by atoms with Crippen LogP contribution in [-0.4, -0.2) is 12.9 Å². The third-order valence-corrected chi connectivity index (χ3v) is 3.69. The highest BCUT2D eigenvalue weighted by molar-refractivity contribution is 5.76. The second-order valence-corrected chi connectivity index (χ2v) is 5.60. The summed E-state index contributed by atoms with van der Waals surface area (Å²) in [4.78, 5) is 10.6. The molecule has 0 fully saturated rings. The van der Waals surface area contributed by atoms with Crippen molar-refractivity contribution in [1.29, 1.82) is 0 Å². The van der Waals surface area contributed by atoms with Crippen molar-refractivity contribution in [3.63, 3.8) is 0 Å². The molecule has 2 rings (SSSR count). The van der Waals surface area contributed by atoms with Gasteiger partial charge in [0.05, 0.1) is 6.61 Å². The fourth-order valence-electron chi connectivity index (χ4n) is 2.27. The summed E-state index contributed by atoms with van der Waals surface area (Å²) in [5, 5.41) is 0. The molecule has 0 aliphatic heterocycles. The molecule has 2 nitrogen and oxygen atoms in total. The minimum absolute atomic E-state index is 0.697. The highest BCUT2D eigenvalue weighted by Gasteiger charge is 1.95. The molecule has 0 radical (unpaired) electrons. The zero-order valence-corrected chi connectivity index (χ0v) is 13.7. The minimum Gasteiger partial charge on any atom is -0.494 e. The average molecular weight is 308 g/mol. The molecule has 0 aliphatic carbocycles. The van der Waals surface area contributed by atoms with Crippen LogP contribution < -0.4 is 4.74 Å². The summed E-state index contributed by atoms with van der Waals surface area (Å²) in [5.74, 6) is 0.925. The minimum atomic E-state index is 0.697. The first-order valence-electron chi connectivity index (χ1n) is 8.28. The topological polar surface area (TPSA) is 26.3 Å². The summed E-state index contributed by atoms with van der Waals surface area (Å²) >= 11 is 0. The molecule has 0 heterocycles. The van der Waals surface area contributed by atoms with E-state index in [1.165, 1.54) is 19.3 Å². The van der Waals surface area contributed by atoms with Crippen molar-refractivity contribution in [3.8, 4) is 5.75 Å². The summed E-state index contributed by atoms with van der Waals surface area (Å²) in [6.07, 6.45) is 9.83. The van der Waals surface area contributed by atoms with Crippen LogP contribution in [0.2, 0.25) is 0 Å². The normalized spacial score (nSPS) is 10.8. The summed E-state index contributed by atoms with van der Waals surface area (Å²) < 4.78 is 5.74. The summed E-state index contributed by atoms with van der Waals surface area (Å²) in [7, 11) is 0. The van der Waals surface area contributed by atoms with Gasteiger partial charge in [-0.15, -0.1) is 0 Å². The Bertz CT molecular complexity index is 609. The van der Waals surface area contributed by atoms with Crippen LogP contribution in [-0.2, 0) is 0 Å². The van der Waals surface area contributed by atoms with Crippen molar-refractivity contribution in [2.45, 2.75) is 32.6 Å². The van der Waals surface area contributed by atoms with Crippen LogP contribution in [0, 0.1) is 0 Å². The van der Waals surface area contributed by atoms with E-state index in [0.717, 1.165) is 36.2 Å². The predicted octanol–water partition coefficient (Wildman–Crippen LogP) is 5.63. The van der Waals surface area contributed by atoms with Gasteiger partial charge in [-0.05, 0) is 29.7 Å². The fraction of sp³-hybridized carbons (Fsp3) is 0.286. The van der Waals surface area contributed by atoms with Gasteiger partial charge in [-0.1, -0.05) is 74.7 Å². The van der Waals surface area contributed by atoms with Crippen LogP contribution in [0.3, 0.4) is 0 Å². The van der Waals surface area contributed by atoms with Gasteiger partial charge < -0.3 is 4.74 Å². The lowest BCUT2D eigenvalue weighted by Crippen LogP contribution is -1.96. The van der Waals surface area contributed by atoms with E-state index in [-0.39, 0.29) is 0 Å². The van der Waals surface area contributed by atoms with Crippen molar-refractivity contribution in [2.75, 3.05) is 6.61 Å². The maximum absolute atomic E-state index is 10.6. The standard InChI is InChI=1S/C21H24O2/c1-2-3-4-5-16-23-21-14-12-19(13-15-21)7-6-18-8-10-20(17-22)11-9-18/h6-15,17H,2-5,16H2,1H3. The third-order valence-electron chi connectivity index (χ3n) is 3.69. The van der Waals surface area contributed by atoms with Crippen molar-refractivity contribution in [1.82, 2.24) is 0 Å². The van der Waals surface area contributed by atoms with Crippen molar-refractivity contribution in [2.24, 2.45) is 0 Å². The molecular weight excluding hydrogens is 284 g/mol. The molecule has 0 unspecified atom stereocenters. The number of carbonyl (C=O) groups is 1.